The van der Waals surface area contributed by atoms with Crippen LogP contribution in [0.5, 0.6) is 0 Å². The molecule has 1 aromatic rings. The van der Waals surface area contributed by atoms with Crippen molar-refractivity contribution in [2.24, 2.45) is 5.73 Å². The summed E-state index contributed by atoms with van der Waals surface area (Å²) in [6, 6.07) is 6.08. The van der Waals surface area contributed by atoms with Crippen molar-refractivity contribution < 1.29 is 4.21 Å². The minimum Gasteiger partial charge on any atom is -0.389 e. The van der Waals surface area contributed by atoms with E-state index < -0.39 is 10.8 Å². The van der Waals surface area contributed by atoms with Crippen LogP contribution in [0.3, 0.4) is 0 Å². The number of anilines is 1. The van der Waals surface area contributed by atoms with Gasteiger partial charge in [0.05, 0.1) is 0 Å². The van der Waals surface area contributed by atoms with Gasteiger partial charge in [0.1, 0.15) is 4.99 Å². The summed E-state index contributed by atoms with van der Waals surface area (Å²) in [5.74, 6) is 1.56. The molecule has 0 bridgehead atoms. The number of hydrogen-bond donors (Lipinski definition) is 2. The molecule has 106 valence electrons. The summed E-state index contributed by atoms with van der Waals surface area (Å²) in [6.07, 6.45) is 1.70. The smallest absolute Gasteiger partial charge is 0.107 e. The zero-order valence-corrected chi connectivity index (χ0v) is 13.9. The van der Waals surface area contributed by atoms with Gasteiger partial charge in [0.2, 0.25) is 0 Å². The van der Waals surface area contributed by atoms with Gasteiger partial charge in [-0.1, -0.05) is 25.2 Å². The van der Waals surface area contributed by atoms with Crippen LogP contribution in [0, 0.1) is 0 Å². The fraction of sp³-hybridized carbons (Fsp3) is 0.462. The minimum absolute atomic E-state index is 0.112. The van der Waals surface area contributed by atoms with Crippen LogP contribution in [0.15, 0.2) is 23.1 Å². The number of nitrogens with two attached hydrogens (primary N) is 1. The molecule has 0 aliphatic rings. The highest BCUT2D eigenvalue weighted by molar-refractivity contribution is 7.99. The van der Waals surface area contributed by atoms with Crippen molar-refractivity contribution >= 4 is 45.5 Å². The molecule has 0 aromatic heterocycles. The summed E-state index contributed by atoms with van der Waals surface area (Å²) in [5.41, 5.74) is 7.65. The Hall–Kier alpha value is -0.590. The van der Waals surface area contributed by atoms with Crippen LogP contribution in [-0.2, 0) is 10.8 Å². The molecule has 1 aromatic carbocycles. The highest BCUT2D eigenvalue weighted by Crippen LogP contribution is 2.29. The van der Waals surface area contributed by atoms with Crippen molar-refractivity contribution in [3.8, 4) is 0 Å². The van der Waals surface area contributed by atoms with Crippen LogP contribution in [0.2, 0.25) is 0 Å². The Labute approximate surface area is 127 Å². The normalized spacial score (nSPS) is 13.8. The number of nitrogens with one attached hydrogen (secondary N) is 1. The monoisotopic (exact) mass is 316 g/mol. The van der Waals surface area contributed by atoms with Gasteiger partial charge in [-0.3, -0.25) is 4.21 Å². The van der Waals surface area contributed by atoms with Crippen LogP contribution < -0.4 is 11.1 Å². The molecule has 2 unspecified atom stereocenters. The van der Waals surface area contributed by atoms with E-state index in [2.05, 4.69) is 12.2 Å². The Morgan fingerprint density at radius 1 is 1.58 bits per heavy atom. The van der Waals surface area contributed by atoms with E-state index in [1.165, 1.54) is 0 Å². The van der Waals surface area contributed by atoms with Crippen molar-refractivity contribution in [2.75, 3.05) is 23.1 Å². The van der Waals surface area contributed by atoms with Crippen molar-refractivity contribution in [2.45, 2.75) is 24.8 Å². The first-order valence-electron chi connectivity index (χ1n) is 6.07. The Balaban J connectivity index is 3.02. The van der Waals surface area contributed by atoms with Crippen molar-refractivity contribution in [1.29, 1.82) is 0 Å². The van der Waals surface area contributed by atoms with Gasteiger partial charge in [-0.15, -0.1) is 11.8 Å². The lowest BCUT2D eigenvalue weighted by molar-refractivity contribution is 0.683. The topological polar surface area (TPSA) is 55.1 Å². The van der Waals surface area contributed by atoms with Crippen molar-refractivity contribution in [1.82, 2.24) is 0 Å². The number of hydrogen-bond acceptors (Lipinski definition) is 4. The zero-order valence-electron chi connectivity index (χ0n) is 11.4. The molecule has 19 heavy (non-hydrogen) atoms. The molecule has 2 atom stereocenters. The Morgan fingerprint density at radius 2 is 2.26 bits per heavy atom. The molecule has 1 rings (SSSR count). The van der Waals surface area contributed by atoms with Crippen LogP contribution in [0.4, 0.5) is 5.69 Å². The summed E-state index contributed by atoms with van der Waals surface area (Å²) < 4.78 is 11.2. The molecular formula is C13H20N2OS3. The highest BCUT2D eigenvalue weighted by atomic mass is 32.2. The third-order valence-corrected chi connectivity index (χ3v) is 4.57. The standard InChI is InChI=1S/C13H20N2OS3/c1-4-18-11-7-5-6-10(12(11)13(14)17)15-9(2)8-19(3)16/h5-7,9,15H,4,8H2,1-3H3,(H2,14,17). The predicted molar refractivity (Wildman–Crippen MR) is 90.7 cm³/mol. The molecule has 0 saturated carbocycles. The van der Waals surface area contributed by atoms with Gasteiger partial charge in [-0.2, -0.15) is 0 Å². The van der Waals surface area contributed by atoms with Gasteiger partial charge in [-0.25, -0.2) is 0 Å². The van der Waals surface area contributed by atoms with Crippen molar-refractivity contribution in [3.63, 3.8) is 0 Å². The van der Waals surface area contributed by atoms with Gasteiger partial charge in [-0.05, 0) is 24.8 Å². The summed E-state index contributed by atoms with van der Waals surface area (Å²) in [6.45, 7) is 4.10. The Bertz CT molecular complexity index is 477. The molecule has 0 saturated heterocycles. The Morgan fingerprint density at radius 3 is 2.79 bits per heavy atom. The maximum Gasteiger partial charge on any atom is 0.107 e. The van der Waals surface area contributed by atoms with Crippen LogP contribution in [-0.4, -0.2) is 33.0 Å². The molecule has 0 heterocycles. The van der Waals surface area contributed by atoms with Crippen LogP contribution in [0.25, 0.3) is 0 Å². The van der Waals surface area contributed by atoms with Gasteiger partial charge in [0.25, 0.3) is 0 Å². The Kier molecular flexibility index (Phi) is 6.82. The molecule has 6 heteroatoms. The molecule has 0 fully saturated rings. The largest absolute Gasteiger partial charge is 0.389 e. The quantitative estimate of drug-likeness (QED) is 0.598. The van der Waals surface area contributed by atoms with E-state index in [1.54, 1.807) is 18.0 Å². The highest BCUT2D eigenvalue weighted by Gasteiger charge is 2.13. The van der Waals surface area contributed by atoms with E-state index in [0.29, 0.717) is 10.7 Å². The van der Waals surface area contributed by atoms with Crippen LogP contribution in [0.1, 0.15) is 19.4 Å². The lowest BCUT2D eigenvalue weighted by atomic mass is 10.1. The van der Waals surface area contributed by atoms with E-state index in [4.69, 9.17) is 18.0 Å². The molecule has 0 radical (unpaired) electrons. The molecule has 3 nitrogen and oxygen atoms in total. The molecule has 3 N–H and O–H groups in total. The van der Waals surface area contributed by atoms with Gasteiger partial charge in [0, 0.05) is 45.0 Å². The van der Waals surface area contributed by atoms with Gasteiger partial charge >= 0.3 is 0 Å². The first-order valence-corrected chi connectivity index (χ1v) is 9.20. The second-order valence-corrected chi connectivity index (χ2v) is 7.49. The summed E-state index contributed by atoms with van der Waals surface area (Å²) in [7, 11) is -0.827. The van der Waals surface area contributed by atoms with E-state index in [-0.39, 0.29) is 6.04 Å². The minimum atomic E-state index is -0.827. The van der Waals surface area contributed by atoms with E-state index in [9.17, 15) is 4.21 Å². The first-order chi connectivity index (χ1) is 8.95. The number of thioether (sulfide) groups is 1. The number of thiocarbonyl (C=S) groups is 1. The van der Waals surface area contributed by atoms with Crippen LogP contribution >= 0.6 is 24.0 Å². The molecule has 0 amide bonds. The lowest BCUT2D eigenvalue weighted by Crippen LogP contribution is -2.24. The fourth-order valence-electron chi connectivity index (χ4n) is 1.84. The summed E-state index contributed by atoms with van der Waals surface area (Å²) in [4.78, 5) is 1.48. The lowest BCUT2D eigenvalue weighted by Gasteiger charge is -2.19. The molecule has 0 spiro atoms. The fourth-order valence-corrected chi connectivity index (χ4v) is 3.76. The maximum atomic E-state index is 11.2. The zero-order chi connectivity index (χ0) is 14.4. The molecular weight excluding hydrogens is 296 g/mol. The van der Waals surface area contributed by atoms with Gasteiger partial charge in [0.15, 0.2) is 0 Å². The second kappa shape index (κ2) is 7.87. The average molecular weight is 317 g/mol. The average Bonchev–Trinajstić information content (AvgIpc) is 2.27. The maximum absolute atomic E-state index is 11.2. The SMILES string of the molecule is CCSc1cccc(NC(C)CS(C)=O)c1C(N)=S. The number of rotatable bonds is 7. The van der Waals surface area contributed by atoms with E-state index >= 15 is 0 Å². The third-order valence-electron chi connectivity index (χ3n) is 2.46. The first kappa shape index (κ1) is 16.5. The predicted octanol–water partition coefficient (Wildman–Crippen LogP) is 2.61. The van der Waals surface area contributed by atoms with Crippen molar-refractivity contribution in [3.05, 3.63) is 23.8 Å². The molecule has 0 aliphatic heterocycles. The van der Waals surface area contributed by atoms with E-state index in [0.717, 1.165) is 21.9 Å². The summed E-state index contributed by atoms with van der Waals surface area (Å²) in [5, 5.41) is 3.35. The number of benzene rings is 1. The second-order valence-electron chi connectivity index (χ2n) is 4.26. The summed E-state index contributed by atoms with van der Waals surface area (Å²) >= 11 is 6.87. The third kappa shape index (κ3) is 5.12. The molecule has 0 aliphatic carbocycles. The van der Waals surface area contributed by atoms with Gasteiger partial charge < -0.3 is 11.1 Å². The van der Waals surface area contributed by atoms with E-state index in [1.807, 2.05) is 25.1 Å².